The minimum absolute atomic E-state index is 0.0746. The SMILES string of the molecule is N#CCCN1CCC(c2cc3nc(N/C(C=N)=C(\Cl)NCC(F)F)ncc3cc2Cl)CC1. The fourth-order valence-corrected chi connectivity index (χ4v) is 4.16. The molecule has 3 N–H and O–H groups in total. The Kier molecular flexibility index (Phi) is 8.56. The van der Waals surface area contributed by atoms with Crippen molar-refractivity contribution < 1.29 is 8.78 Å². The van der Waals surface area contributed by atoms with Crippen LogP contribution in [0, 0.1) is 16.7 Å². The Morgan fingerprint density at radius 2 is 2.12 bits per heavy atom. The minimum atomic E-state index is -2.57. The number of hydrogen-bond donors (Lipinski definition) is 3. The number of hydrogen-bond acceptors (Lipinski definition) is 7. The molecule has 0 bridgehead atoms. The third kappa shape index (κ3) is 6.25. The van der Waals surface area contributed by atoms with Gasteiger partial charge in [-0.05, 0) is 49.5 Å². The van der Waals surface area contributed by atoms with Crippen molar-refractivity contribution in [2.45, 2.75) is 31.6 Å². The second kappa shape index (κ2) is 11.4. The summed E-state index contributed by atoms with van der Waals surface area (Å²) in [6.45, 7) is 1.98. The number of anilines is 1. The second-order valence-electron chi connectivity index (χ2n) is 7.42. The molecule has 0 aliphatic carbocycles. The number of alkyl halides is 2. The first-order valence-corrected chi connectivity index (χ1v) is 10.9. The van der Waals surface area contributed by atoms with Gasteiger partial charge in [0.25, 0.3) is 6.43 Å². The lowest BCUT2D eigenvalue weighted by Crippen LogP contribution is -2.33. The predicted molar refractivity (Wildman–Crippen MR) is 122 cm³/mol. The minimum Gasteiger partial charge on any atom is -0.368 e. The first-order chi connectivity index (χ1) is 15.4. The quantitative estimate of drug-likeness (QED) is 0.354. The number of halogens is 4. The lowest BCUT2D eigenvalue weighted by Gasteiger charge is -2.32. The summed E-state index contributed by atoms with van der Waals surface area (Å²) >= 11 is 12.5. The molecule has 0 spiro atoms. The number of nitrogens with one attached hydrogen (secondary N) is 3. The van der Waals surface area contributed by atoms with Gasteiger partial charge in [-0.3, -0.25) is 0 Å². The van der Waals surface area contributed by atoms with E-state index < -0.39 is 13.0 Å². The number of benzene rings is 1. The summed E-state index contributed by atoms with van der Waals surface area (Å²) in [4.78, 5) is 11.0. The third-order valence-electron chi connectivity index (χ3n) is 5.30. The van der Waals surface area contributed by atoms with E-state index in [1.54, 1.807) is 6.20 Å². The molecule has 3 rings (SSSR count). The van der Waals surface area contributed by atoms with E-state index in [9.17, 15) is 8.78 Å². The first-order valence-electron chi connectivity index (χ1n) is 10.2. The number of rotatable bonds is 9. The molecule has 0 atom stereocenters. The molecule has 1 saturated heterocycles. The van der Waals surface area contributed by atoms with Crippen molar-refractivity contribution in [1.29, 1.82) is 10.7 Å². The number of piperidine rings is 1. The van der Waals surface area contributed by atoms with Gasteiger partial charge in [0.1, 0.15) is 5.16 Å². The van der Waals surface area contributed by atoms with Crippen LogP contribution in [-0.2, 0) is 0 Å². The van der Waals surface area contributed by atoms with Gasteiger partial charge in [0.05, 0.1) is 23.8 Å². The largest absolute Gasteiger partial charge is 0.368 e. The Morgan fingerprint density at radius 1 is 1.38 bits per heavy atom. The predicted octanol–water partition coefficient (Wildman–Crippen LogP) is 4.70. The molecule has 0 radical (unpaired) electrons. The van der Waals surface area contributed by atoms with Gasteiger partial charge in [0.15, 0.2) is 0 Å². The lowest BCUT2D eigenvalue weighted by atomic mass is 9.89. The summed E-state index contributed by atoms with van der Waals surface area (Å²) in [7, 11) is 0. The highest BCUT2D eigenvalue weighted by molar-refractivity contribution is 6.32. The smallest absolute Gasteiger partial charge is 0.255 e. The molecular weight excluding hydrogens is 459 g/mol. The number of allylic oxidation sites excluding steroid dienone is 1. The molecule has 2 aromatic rings. The first kappa shape index (κ1) is 24.1. The van der Waals surface area contributed by atoms with E-state index in [0.29, 0.717) is 22.9 Å². The van der Waals surface area contributed by atoms with E-state index >= 15 is 0 Å². The Morgan fingerprint density at radius 3 is 2.78 bits per heavy atom. The lowest BCUT2D eigenvalue weighted by molar-refractivity contribution is 0.150. The van der Waals surface area contributed by atoms with Crippen molar-refractivity contribution in [3.63, 3.8) is 0 Å². The number of aromatic nitrogens is 2. The molecule has 1 fully saturated rings. The highest BCUT2D eigenvalue weighted by Crippen LogP contribution is 2.35. The molecule has 1 aromatic carbocycles. The van der Waals surface area contributed by atoms with Crippen LogP contribution in [0.2, 0.25) is 5.02 Å². The number of nitrogens with zero attached hydrogens (tertiary/aromatic N) is 4. The normalized spacial score (nSPS) is 16.0. The number of fused-ring (bicyclic) bond motifs is 1. The van der Waals surface area contributed by atoms with Crippen LogP contribution < -0.4 is 10.6 Å². The molecule has 0 saturated carbocycles. The molecule has 1 aliphatic rings. The summed E-state index contributed by atoms with van der Waals surface area (Å²) in [5.41, 5.74) is 1.77. The molecule has 170 valence electrons. The zero-order valence-corrected chi connectivity index (χ0v) is 18.7. The second-order valence-corrected chi connectivity index (χ2v) is 8.20. The van der Waals surface area contributed by atoms with E-state index in [1.807, 2.05) is 12.1 Å². The van der Waals surface area contributed by atoms with Crippen LogP contribution in [0.3, 0.4) is 0 Å². The Bertz CT molecular complexity index is 1030. The van der Waals surface area contributed by atoms with E-state index in [2.05, 4.69) is 31.6 Å². The van der Waals surface area contributed by atoms with Gasteiger partial charge in [-0.1, -0.05) is 23.2 Å². The van der Waals surface area contributed by atoms with Gasteiger partial charge in [-0.2, -0.15) is 5.26 Å². The summed E-state index contributed by atoms with van der Waals surface area (Å²) in [5, 5.41) is 22.7. The maximum atomic E-state index is 12.4. The van der Waals surface area contributed by atoms with Crippen LogP contribution in [0.15, 0.2) is 29.2 Å². The van der Waals surface area contributed by atoms with Gasteiger partial charge in [0.2, 0.25) is 5.95 Å². The van der Waals surface area contributed by atoms with Crippen LogP contribution >= 0.6 is 23.2 Å². The fraction of sp³-hybridized carbons (Fsp3) is 0.429. The maximum Gasteiger partial charge on any atom is 0.255 e. The van der Waals surface area contributed by atoms with Gasteiger partial charge in [-0.25, -0.2) is 18.7 Å². The Hall–Kier alpha value is -2.54. The van der Waals surface area contributed by atoms with Crippen molar-refractivity contribution in [1.82, 2.24) is 20.2 Å². The Balaban J connectivity index is 1.78. The molecule has 0 unspecified atom stereocenters. The molecule has 1 aromatic heterocycles. The summed E-state index contributed by atoms with van der Waals surface area (Å²) in [6, 6.07) is 5.97. The van der Waals surface area contributed by atoms with E-state index in [-0.39, 0.29) is 16.8 Å². The van der Waals surface area contributed by atoms with Gasteiger partial charge in [-0.15, -0.1) is 0 Å². The van der Waals surface area contributed by atoms with Gasteiger partial charge in [0, 0.05) is 35.8 Å². The fourth-order valence-electron chi connectivity index (χ4n) is 3.65. The zero-order chi connectivity index (χ0) is 23.1. The van der Waals surface area contributed by atoms with E-state index in [4.69, 9.17) is 33.9 Å². The standard InChI is InChI=1S/C21H23Cl2F2N7/c22-16-8-14-11-29-21(31-18(10-27)20(23)28-12-19(24)25)30-17(14)9-15(16)13-2-6-32(7-3-13)5-1-4-26/h8-11,13,19,27-28H,1-3,5-7,12H2,(H,29,30,31)/b20-18+,27-10?. The topological polar surface area (TPSA) is 101 Å². The summed E-state index contributed by atoms with van der Waals surface area (Å²) in [6.07, 6.45) is 2.35. The van der Waals surface area contributed by atoms with Crippen LogP contribution in [0.25, 0.3) is 10.9 Å². The maximum absolute atomic E-state index is 12.4. The van der Waals surface area contributed by atoms with E-state index in [1.165, 1.54) is 0 Å². The van der Waals surface area contributed by atoms with Crippen LogP contribution in [0.5, 0.6) is 0 Å². The van der Waals surface area contributed by atoms with Crippen molar-refractivity contribution >= 4 is 46.3 Å². The average molecular weight is 482 g/mol. The summed E-state index contributed by atoms with van der Waals surface area (Å²) in [5.74, 6) is 0.481. The van der Waals surface area contributed by atoms with E-state index in [0.717, 1.165) is 49.6 Å². The van der Waals surface area contributed by atoms with Crippen molar-refractivity contribution in [3.8, 4) is 6.07 Å². The molecule has 11 heteroatoms. The highest BCUT2D eigenvalue weighted by Gasteiger charge is 2.23. The molecular formula is C21H23Cl2F2N7. The molecule has 2 heterocycles. The van der Waals surface area contributed by atoms with Crippen LogP contribution in [0.1, 0.15) is 30.7 Å². The van der Waals surface area contributed by atoms with Gasteiger partial charge < -0.3 is 20.9 Å². The molecule has 32 heavy (non-hydrogen) atoms. The average Bonchev–Trinajstić information content (AvgIpc) is 2.79. The highest BCUT2D eigenvalue weighted by atomic mass is 35.5. The van der Waals surface area contributed by atoms with Crippen molar-refractivity contribution in [3.05, 3.63) is 39.8 Å². The van der Waals surface area contributed by atoms with Crippen LogP contribution in [-0.4, -0.2) is 53.7 Å². The summed E-state index contributed by atoms with van der Waals surface area (Å²) < 4.78 is 24.8. The molecule has 0 amide bonds. The monoisotopic (exact) mass is 481 g/mol. The molecule has 1 aliphatic heterocycles. The Labute approximate surface area is 194 Å². The van der Waals surface area contributed by atoms with Crippen molar-refractivity contribution in [2.24, 2.45) is 0 Å². The zero-order valence-electron chi connectivity index (χ0n) is 17.2. The van der Waals surface area contributed by atoms with Crippen LogP contribution in [0.4, 0.5) is 14.7 Å². The number of nitriles is 1. The third-order valence-corrected chi connectivity index (χ3v) is 5.97. The van der Waals surface area contributed by atoms with Crippen molar-refractivity contribution in [2.75, 3.05) is 31.5 Å². The number of likely N-dealkylation sites (tertiary alicyclic amines) is 1. The molecule has 7 nitrogen and oxygen atoms in total. The van der Waals surface area contributed by atoms with Gasteiger partial charge >= 0.3 is 0 Å².